The maximum Gasteiger partial charge on any atom is 0.275 e. The lowest BCUT2D eigenvalue weighted by Crippen LogP contribution is -3.08. The Labute approximate surface area is 147 Å². The molecule has 3 nitrogen and oxygen atoms in total. The number of hydrogen-bond acceptors (Lipinski definition) is 1. The van der Waals surface area contributed by atoms with Gasteiger partial charge in [0.2, 0.25) is 0 Å². The maximum absolute atomic E-state index is 12.0. The lowest BCUT2D eigenvalue weighted by molar-refractivity contribution is -0.885. The number of rotatable bonds is 7. The van der Waals surface area contributed by atoms with Gasteiger partial charge in [-0.05, 0) is 24.1 Å². The van der Waals surface area contributed by atoms with Crippen LogP contribution in [0.4, 0.5) is 0 Å². The van der Waals surface area contributed by atoms with Gasteiger partial charge in [0.25, 0.3) is 5.91 Å². The Morgan fingerprint density at radius 3 is 2.57 bits per heavy atom. The van der Waals surface area contributed by atoms with Crippen LogP contribution in [-0.4, -0.2) is 26.0 Å². The van der Waals surface area contributed by atoms with Gasteiger partial charge in [-0.15, -0.1) is 0 Å². The van der Waals surface area contributed by atoms with Crippen LogP contribution in [0.5, 0.6) is 0 Å². The van der Waals surface area contributed by atoms with Crippen molar-refractivity contribution in [3.8, 4) is 0 Å². The van der Waals surface area contributed by atoms with E-state index >= 15 is 0 Å². The molecule has 2 aromatic carbocycles. The number of quaternary nitrogens is 1. The van der Waals surface area contributed by atoms with Crippen LogP contribution in [0.25, 0.3) is 0 Å². The molecule has 0 aromatic heterocycles. The van der Waals surface area contributed by atoms with Crippen molar-refractivity contribution in [2.75, 3.05) is 20.1 Å². The Balaban J connectivity index is 1.74. The lowest BCUT2D eigenvalue weighted by atomic mass is 10.1. The summed E-state index contributed by atoms with van der Waals surface area (Å²) in [7, 11) is 1.97. The third-order valence-electron chi connectivity index (χ3n) is 3.55. The van der Waals surface area contributed by atoms with Crippen LogP contribution in [0, 0.1) is 0 Å². The van der Waals surface area contributed by atoms with Crippen molar-refractivity contribution in [1.82, 2.24) is 5.32 Å². The number of carbonyl (C=O) groups excluding carboxylic acids is 1. The predicted molar refractivity (Wildman–Crippen MR) is 95.1 cm³/mol. The van der Waals surface area contributed by atoms with E-state index in [2.05, 4.69) is 17.4 Å². The van der Waals surface area contributed by atoms with Crippen LogP contribution in [0.3, 0.4) is 0 Å². The summed E-state index contributed by atoms with van der Waals surface area (Å²) in [5.41, 5.74) is 2.21. The highest BCUT2D eigenvalue weighted by atomic mass is 35.5. The zero-order valence-corrected chi connectivity index (χ0v) is 14.6. The van der Waals surface area contributed by atoms with Crippen LogP contribution in [0.2, 0.25) is 10.0 Å². The second kappa shape index (κ2) is 8.92. The van der Waals surface area contributed by atoms with Gasteiger partial charge in [-0.3, -0.25) is 4.79 Å². The van der Waals surface area contributed by atoms with Crippen molar-refractivity contribution >= 4 is 29.1 Å². The Morgan fingerprint density at radius 1 is 1.13 bits per heavy atom. The van der Waals surface area contributed by atoms with Gasteiger partial charge in [-0.2, -0.15) is 0 Å². The number of likely N-dealkylation sites (N-methyl/N-ethyl adjacent to an activating group) is 1. The first-order valence-corrected chi connectivity index (χ1v) is 8.36. The van der Waals surface area contributed by atoms with Gasteiger partial charge in [0, 0.05) is 17.1 Å². The fraction of sp³-hybridized carbons (Fsp3) is 0.278. The third kappa shape index (κ3) is 6.22. The molecule has 0 aliphatic carbocycles. The summed E-state index contributed by atoms with van der Waals surface area (Å²) in [6, 6.07) is 15.6. The molecule has 5 heteroatoms. The summed E-state index contributed by atoms with van der Waals surface area (Å²) >= 11 is 12.1. The van der Waals surface area contributed by atoms with Crippen molar-refractivity contribution in [1.29, 1.82) is 0 Å². The van der Waals surface area contributed by atoms with Gasteiger partial charge in [-0.25, -0.2) is 0 Å². The van der Waals surface area contributed by atoms with Gasteiger partial charge >= 0.3 is 0 Å². The summed E-state index contributed by atoms with van der Waals surface area (Å²) in [5.74, 6) is 0.0449. The van der Waals surface area contributed by atoms with Crippen LogP contribution in [-0.2, 0) is 17.8 Å². The molecule has 122 valence electrons. The zero-order chi connectivity index (χ0) is 16.7. The Hall–Kier alpha value is -1.55. The van der Waals surface area contributed by atoms with Gasteiger partial charge in [0.05, 0.1) is 12.1 Å². The van der Waals surface area contributed by atoms with Crippen LogP contribution in [0.1, 0.15) is 11.1 Å². The molecule has 2 rings (SSSR count). The first-order chi connectivity index (χ1) is 11.0. The molecule has 0 radical (unpaired) electrons. The van der Waals surface area contributed by atoms with Crippen molar-refractivity contribution in [3.63, 3.8) is 0 Å². The number of halogens is 2. The molecule has 0 saturated heterocycles. The first-order valence-electron chi connectivity index (χ1n) is 7.60. The Bertz CT molecular complexity index is 647. The molecular weight excluding hydrogens is 331 g/mol. The minimum absolute atomic E-state index is 0.0449. The molecule has 0 spiro atoms. The van der Waals surface area contributed by atoms with Gasteiger partial charge in [0.1, 0.15) is 6.54 Å². The number of amides is 1. The first kappa shape index (κ1) is 17.8. The van der Waals surface area contributed by atoms with E-state index in [0.717, 1.165) is 16.9 Å². The summed E-state index contributed by atoms with van der Waals surface area (Å²) < 4.78 is 0. The lowest BCUT2D eigenvalue weighted by Gasteiger charge is -2.15. The average molecular weight is 352 g/mol. The molecule has 1 unspecified atom stereocenters. The van der Waals surface area contributed by atoms with E-state index in [1.54, 1.807) is 6.07 Å². The Kier molecular flexibility index (Phi) is 6.90. The predicted octanol–water partition coefficient (Wildman–Crippen LogP) is 2.37. The molecule has 0 heterocycles. The topological polar surface area (TPSA) is 33.5 Å². The Morgan fingerprint density at radius 2 is 1.87 bits per heavy atom. The summed E-state index contributed by atoms with van der Waals surface area (Å²) in [6.07, 6.45) is 0.842. The zero-order valence-electron chi connectivity index (χ0n) is 13.1. The molecule has 1 amide bonds. The number of nitrogens with one attached hydrogen (secondary N) is 2. The van der Waals surface area contributed by atoms with Crippen molar-refractivity contribution in [2.45, 2.75) is 13.0 Å². The van der Waals surface area contributed by atoms with E-state index in [4.69, 9.17) is 23.2 Å². The summed E-state index contributed by atoms with van der Waals surface area (Å²) in [4.78, 5) is 13.1. The standard InChI is InChI=1S/C18H20Cl2N2O/c1-22(12-15-7-8-16(19)11-17(15)20)13-18(23)21-10-9-14-5-3-2-4-6-14/h2-8,11H,9-10,12-13H2,1H3,(H,21,23)/p+1. The highest BCUT2D eigenvalue weighted by molar-refractivity contribution is 6.35. The molecule has 2 aromatic rings. The van der Waals surface area contributed by atoms with Crippen molar-refractivity contribution in [3.05, 3.63) is 69.7 Å². The highest BCUT2D eigenvalue weighted by Gasteiger charge is 2.12. The van der Waals surface area contributed by atoms with E-state index in [1.807, 2.05) is 37.4 Å². The second-order valence-corrected chi connectivity index (χ2v) is 6.48. The molecule has 1 atom stereocenters. The molecule has 23 heavy (non-hydrogen) atoms. The van der Waals surface area contributed by atoms with Crippen LogP contribution < -0.4 is 10.2 Å². The quantitative estimate of drug-likeness (QED) is 0.788. The fourth-order valence-corrected chi connectivity index (χ4v) is 2.86. The molecule has 0 aliphatic heterocycles. The number of benzene rings is 2. The maximum atomic E-state index is 12.0. The minimum atomic E-state index is 0.0449. The van der Waals surface area contributed by atoms with Gasteiger partial charge < -0.3 is 10.2 Å². The van der Waals surface area contributed by atoms with E-state index in [-0.39, 0.29) is 5.91 Å². The average Bonchev–Trinajstić information content (AvgIpc) is 2.51. The third-order valence-corrected chi connectivity index (χ3v) is 4.14. The largest absolute Gasteiger partial charge is 0.351 e. The molecule has 0 fully saturated rings. The second-order valence-electron chi connectivity index (χ2n) is 5.63. The van der Waals surface area contributed by atoms with Gasteiger partial charge in [0.15, 0.2) is 6.54 Å². The molecule has 0 bridgehead atoms. The minimum Gasteiger partial charge on any atom is -0.351 e. The number of carbonyl (C=O) groups is 1. The smallest absolute Gasteiger partial charge is 0.275 e. The molecular formula is C18H21Cl2N2O+. The normalized spacial score (nSPS) is 12.0. The summed E-state index contributed by atoms with van der Waals surface area (Å²) in [5, 5.41) is 4.22. The fourth-order valence-electron chi connectivity index (χ4n) is 2.38. The van der Waals surface area contributed by atoms with E-state index < -0.39 is 0 Å². The molecule has 2 N–H and O–H groups in total. The SMILES string of the molecule is C[NH+](CC(=O)NCCc1ccccc1)Cc1ccc(Cl)cc1Cl. The van der Waals surface area contributed by atoms with Crippen molar-refractivity contribution in [2.24, 2.45) is 0 Å². The highest BCUT2D eigenvalue weighted by Crippen LogP contribution is 2.20. The van der Waals surface area contributed by atoms with E-state index in [0.29, 0.717) is 29.7 Å². The summed E-state index contributed by atoms with van der Waals surface area (Å²) in [6.45, 7) is 1.74. The van der Waals surface area contributed by atoms with E-state index in [9.17, 15) is 4.79 Å². The van der Waals surface area contributed by atoms with E-state index in [1.165, 1.54) is 5.56 Å². The molecule has 0 aliphatic rings. The van der Waals surface area contributed by atoms with Crippen LogP contribution in [0.15, 0.2) is 48.5 Å². The van der Waals surface area contributed by atoms with Gasteiger partial charge in [-0.1, -0.05) is 59.6 Å². The number of hydrogen-bond donors (Lipinski definition) is 2. The monoisotopic (exact) mass is 351 g/mol. The molecule has 0 saturated carbocycles. The van der Waals surface area contributed by atoms with Crippen LogP contribution >= 0.6 is 23.2 Å². The van der Waals surface area contributed by atoms with Crippen molar-refractivity contribution < 1.29 is 9.69 Å².